The molecule has 90 valence electrons. The van der Waals surface area contributed by atoms with E-state index in [0.29, 0.717) is 5.92 Å². The second kappa shape index (κ2) is 6.94. The van der Waals surface area contributed by atoms with Crippen LogP contribution in [0.15, 0.2) is 29.2 Å². The summed E-state index contributed by atoms with van der Waals surface area (Å²) in [6, 6.07) is 8.01. The van der Waals surface area contributed by atoms with E-state index in [1.165, 1.54) is 4.90 Å². The molecular formula is C13H20O2S. The molecule has 1 aromatic rings. The molecule has 0 saturated carbocycles. The average Bonchev–Trinajstić information content (AvgIpc) is 2.35. The van der Waals surface area contributed by atoms with Gasteiger partial charge >= 0.3 is 0 Å². The van der Waals surface area contributed by atoms with E-state index in [9.17, 15) is 5.11 Å². The molecule has 0 aliphatic heterocycles. The molecule has 0 aliphatic carbocycles. The van der Waals surface area contributed by atoms with Crippen molar-refractivity contribution in [1.82, 2.24) is 0 Å². The van der Waals surface area contributed by atoms with Gasteiger partial charge in [0, 0.05) is 17.3 Å². The van der Waals surface area contributed by atoms with E-state index >= 15 is 0 Å². The Morgan fingerprint density at radius 2 is 1.88 bits per heavy atom. The Labute approximate surface area is 102 Å². The summed E-state index contributed by atoms with van der Waals surface area (Å²) < 4.78 is 0. The van der Waals surface area contributed by atoms with Gasteiger partial charge in [-0.25, -0.2) is 0 Å². The molecule has 0 bridgehead atoms. The van der Waals surface area contributed by atoms with Gasteiger partial charge in [0.15, 0.2) is 0 Å². The van der Waals surface area contributed by atoms with E-state index in [-0.39, 0.29) is 12.7 Å². The van der Waals surface area contributed by atoms with Crippen LogP contribution in [-0.4, -0.2) is 22.6 Å². The van der Waals surface area contributed by atoms with Crippen molar-refractivity contribution in [1.29, 1.82) is 0 Å². The van der Waals surface area contributed by atoms with Gasteiger partial charge in [0.1, 0.15) is 0 Å². The summed E-state index contributed by atoms with van der Waals surface area (Å²) in [5, 5.41) is 18.6. The Kier molecular flexibility index (Phi) is 5.88. The van der Waals surface area contributed by atoms with Crippen LogP contribution in [0.1, 0.15) is 31.9 Å². The van der Waals surface area contributed by atoms with E-state index in [1.807, 2.05) is 38.1 Å². The number of hydrogen-bond donors (Lipinski definition) is 2. The molecule has 0 radical (unpaired) electrons. The first-order valence-electron chi connectivity index (χ1n) is 5.69. The summed E-state index contributed by atoms with van der Waals surface area (Å²) in [4.78, 5) is 1.19. The summed E-state index contributed by atoms with van der Waals surface area (Å²) in [5.74, 6) is 1.25. The van der Waals surface area contributed by atoms with Crippen LogP contribution in [0.25, 0.3) is 0 Å². The highest BCUT2D eigenvalue weighted by Gasteiger charge is 2.05. The van der Waals surface area contributed by atoms with Crippen molar-refractivity contribution in [2.24, 2.45) is 5.92 Å². The van der Waals surface area contributed by atoms with Crippen molar-refractivity contribution in [3.05, 3.63) is 29.8 Å². The van der Waals surface area contributed by atoms with E-state index < -0.39 is 0 Å². The fraction of sp³-hybridized carbons (Fsp3) is 0.538. The largest absolute Gasteiger partial charge is 0.396 e. The molecule has 16 heavy (non-hydrogen) atoms. The molecule has 0 aromatic heterocycles. The van der Waals surface area contributed by atoms with Crippen LogP contribution in [0.2, 0.25) is 0 Å². The Hall–Kier alpha value is -0.510. The van der Waals surface area contributed by atoms with E-state index in [4.69, 9.17) is 5.11 Å². The minimum absolute atomic E-state index is 0.236. The summed E-state index contributed by atoms with van der Waals surface area (Å²) in [7, 11) is 0. The summed E-state index contributed by atoms with van der Waals surface area (Å²) in [6.45, 7) is 4.23. The Balaban J connectivity index is 2.51. The SMILES string of the molecule is CC[C@H](O)c1ccc(SCC(C)CO)cc1. The fourth-order valence-electron chi connectivity index (χ4n) is 1.31. The van der Waals surface area contributed by atoms with Gasteiger partial charge in [-0.3, -0.25) is 0 Å². The highest BCUT2D eigenvalue weighted by Crippen LogP contribution is 2.23. The van der Waals surface area contributed by atoms with Crippen LogP contribution >= 0.6 is 11.8 Å². The molecule has 2 N–H and O–H groups in total. The normalized spacial score (nSPS) is 14.8. The predicted octanol–water partition coefficient (Wildman–Crippen LogP) is 2.85. The molecule has 1 aromatic carbocycles. The zero-order chi connectivity index (χ0) is 12.0. The first-order chi connectivity index (χ1) is 7.67. The van der Waals surface area contributed by atoms with Gasteiger partial charge in [0.05, 0.1) is 6.10 Å². The second-order valence-corrected chi connectivity index (χ2v) is 5.19. The number of aliphatic hydroxyl groups excluding tert-OH is 2. The van der Waals surface area contributed by atoms with Crippen molar-refractivity contribution < 1.29 is 10.2 Å². The molecule has 0 spiro atoms. The number of rotatable bonds is 6. The number of aliphatic hydroxyl groups is 2. The van der Waals surface area contributed by atoms with Crippen molar-refractivity contribution in [3.63, 3.8) is 0 Å². The number of thioether (sulfide) groups is 1. The Bertz CT molecular complexity index is 297. The molecule has 0 amide bonds. The van der Waals surface area contributed by atoms with Gasteiger partial charge in [-0.1, -0.05) is 26.0 Å². The predicted molar refractivity (Wildman–Crippen MR) is 68.7 cm³/mol. The molecule has 3 heteroatoms. The van der Waals surface area contributed by atoms with Crippen LogP contribution in [0.4, 0.5) is 0 Å². The van der Waals surface area contributed by atoms with E-state index in [1.54, 1.807) is 11.8 Å². The molecule has 2 atom stereocenters. The Morgan fingerprint density at radius 1 is 1.25 bits per heavy atom. The standard InChI is InChI=1S/C13H20O2S/c1-3-13(15)11-4-6-12(7-5-11)16-9-10(2)8-14/h4-7,10,13-15H,3,8-9H2,1-2H3/t10?,13-/m0/s1. The fourth-order valence-corrected chi connectivity index (χ4v) is 2.22. The molecule has 1 rings (SSSR count). The average molecular weight is 240 g/mol. The lowest BCUT2D eigenvalue weighted by Gasteiger charge is -2.10. The van der Waals surface area contributed by atoms with Crippen molar-refractivity contribution in [3.8, 4) is 0 Å². The minimum atomic E-state index is -0.351. The lowest BCUT2D eigenvalue weighted by molar-refractivity contribution is 0.173. The molecule has 1 unspecified atom stereocenters. The van der Waals surface area contributed by atoms with Crippen LogP contribution in [0, 0.1) is 5.92 Å². The first kappa shape index (κ1) is 13.6. The van der Waals surface area contributed by atoms with Crippen molar-refractivity contribution in [2.75, 3.05) is 12.4 Å². The van der Waals surface area contributed by atoms with Crippen LogP contribution in [0.5, 0.6) is 0 Å². The van der Waals surface area contributed by atoms with Crippen LogP contribution < -0.4 is 0 Å². The van der Waals surface area contributed by atoms with Gasteiger partial charge < -0.3 is 10.2 Å². The van der Waals surface area contributed by atoms with Gasteiger partial charge in [0.2, 0.25) is 0 Å². The van der Waals surface area contributed by atoms with Crippen molar-refractivity contribution >= 4 is 11.8 Å². The van der Waals surface area contributed by atoms with Gasteiger partial charge in [-0.05, 0) is 30.0 Å². The Morgan fingerprint density at radius 3 is 2.38 bits per heavy atom. The zero-order valence-corrected chi connectivity index (χ0v) is 10.7. The quantitative estimate of drug-likeness (QED) is 0.751. The van der Waals surface area contributed by atoms with Crippen molar-refractivity contribution in [2.45, 2.75) is 31.3 Å². The van der Waals surface area contributed by atoms with Gasteiger partial charge in [-0.2, -0.15) is 0 Å². The number of hydrogen-bond acceptors (Lipinski definition) is 3. The number of benzene rings is 1. The van der Waals surface area contributed by atoms with Crippen LogP contribution in [0.3, 0.4) is 0 Å². The minimum Gasteiger partial charge on any atom is -0.396 e. The lowest BCUT2D eigenvalue weighted by Crippen LogP contribution is -2.03. The third kappa shape index (κ3) is 4.16. The zero-order valence-electron chi connectivity index (χ0n) is 9.89. The monoisotopic (exact) mass is 240 g/mol. The molecule has 0 heterocycles. The van der Waals surface area contributed by atoms with E-state index in [2.05, 4.69) is 0 Å². The topological polar surface area (TPSA) is 40.5 Å². The third-order valence-corrected chi connectivity index (χ3v) is 3.84. The first-order valence-corrected chi connectivity index (χ1v) is 6.67. The highest BCUT2D eigenvalue weighted by molar-refractivity contribution is 7.99. The molecular weight excluding hydrogens is 220 g/mol. The third-order valence-electron chi connectivity index (χ3n) is 2.50. The summed E-state index contributed by atoms with van der Waals surface area (Å²) >= 11 is 1.74. The van der Waals surface area contributed by atoms with E-state index in [0.717, 1.165) is 17.7 Å². The second-order valence-electron chi connectivity index (χ2n) is 4.09. The maximum Gasteiger partial charge on any atom is 0.0787 e. The summed E-state index contributed by atoms with van der Waals surface area (Å²) in [5.41, 5.74) is 0.974. The molecule has 2 nitrogen and oxygen atoms in total. The van der Waals surface area contributed by atoms with Gasteiger partial charge in [0.25, 0.3) is 0 Å². The maximum absolute atomic E-state index is 9.64. The summed E-state index contributed by atoms with van der Waals surface area (Å²) in [6.07, 6.45) is 0.393. The molecule has 0 saturated heterocycles. The van der Waals surface area contributed by atoms with Gasteiger partial charge in [-0.15, -0.1) is 11.8 Å². The maximum atomic E-state index is 9.64. The smallest absolute Gasteiger partial charge is 0.0787 e. The lowest BCUT2D eigenvalue weighted by atomic mass is 10.1. The van der Waals surface area contributed by atoms with Crippen LogP contribution in [-0.2, 0) is 0 Å². The highest BCUT2D eigenvalue weighted by atomic mass is 32.2. The molecule has 0 fully saturated rings. The molecule has 0 aliphatic rings.